The predicted octanol–water partition coefficient (Wildman–Crippen LogP) is 5.59. The second-order valence-corrected chi connectivity index (χ2v) is 10.2. The maximum atomic E-state index is 13.6. The molecule has 2 N–H and O–H groups in total. The van der Waals surface area contributed by atoms with Crippen LogP contribution in [0.25, 0.3) is 0 Å². The Kier molecular flexibility index (Phi) is 8.90. The Morgan fingerprint density at radius 3 is 2.56 bits per heavy atom. The Labute approximate surface area is 228 Å². The Morgan fingerprint density at radius 2 is 1.86 bits per heavy atom. The molecule has 0 aliphatic carbocycles. The summed E-state index contributed by atoms with van der Waals surface area (Å²) in [6, 6.07) is 20.3. The summed E-state index contributed by atoms with van der Waals surface area (Å²) in [5.74, 6) is 0.827. The molecule has 1 aliphatic heterocycles. The standard InChI is InChI=1S/C27H25BrCl2N2O4/c28-21-7-2-18(3-8-21)15-27(26(34)31-16-20-4-9-22(29)14-24(20)30)17-36-25(32-27)19-5-10-23(11-6-19)35-13-1-12-33/h2-11,14,33H,1,12-13,15-17H2,(H,31,34)/t27-/m1/s1. The van der Waals surface area contributed by atoms with E-state index in [2.05, 4.69) is 21.2 Å². The number of ether oxygens (including phenoxy) is 2. The molecule has 3 aromatic carbocycles. The lowest BCUT2D eigenvalue weighted by molar-refractivity contribution is -0.126. The first-order valence-corrected chi connectivity index (χ1v) is 13.0. The van der Waals surface area contributed by atoms with Gasteiger partial charge in [-0.15, -0.1) is 0 Å². The molecule has 3 aromatic rings. The minimum Gasteiger partial charge on any atom is -0.494 e. The zero-order valence-electron chi connectivity index (χ0n) is 19.3. The minimum atomic E-state index is -1.14. The van der Waals surface area contributed by atoms with Gasteiger partial charge < -0.3 is 19.9 Å². The maximum absolute atomic E-state index is 13.6. The monoisotopic (exact) mass is 590 g/mol. The summed E-state index contributed by atoms with van der Waals surface area (Å²) in [6.07, 6.45) is 0.929. The van der Waals surface area contributed by atoms with Crippen LogP contribution in [0, 0.1) is 0 Å². The first-order valence-electron chi connectivity index (χ1n) is 11.4. The van der Waals surface area contributed by atoms with Gasteiger partial charge >= 0.3 is 0 Å². The van der Waals surface area contributed by atoms with Gasteiger partial charge in [-0.25, -0.2) is 4.99 Å². The SMILES string of the molecule is O=C(NCc1ccc(Cl)cc1Cl)[C@@]1(Cc2ccc(Br)cc2)COC(c2ccc(OCCCO)cc2)=N1. The molecule has 0 saturated carbocycles. The number of aliphatic imine (C=N–C) groups is 1. The number of aliphatic hydroxyl groups is 1. The van der Waals surface area contributed by atoms with E-state index in [0.717, 1.165) is 21.2 Å². The van der Waals surface area contributed by atoms with E-state index in [4.69, 9.17) is 42.8 Å². The van der Waals surface area contributed by atoms with Gasteiger partial charge in [0.25, 0.3) is 5.91 Å². The molecule has 4 rings (SSSR count). The molecule has 1 atom stereocenters. The fourth-order valence-corrected chi connectivity index (χ4v) is 4.51. The molecule has 0 unspecified atom stereocenters. The van der Waals surface area contributed by atoms with Crippen molar-refractivity contribution >= 4 is 50.9 Å². The van der Waals surface area contributed by atoms with Crippen molar-refractivity contribution in [3.63, 3.8) is 0 Å². The Balaban J connectivity index is 1.56. The van der Waals surface area contributed by atoms with Crippen molar-refractivity contribution in [2.75, 3.05) is 19.8 Å². The highest BCUT2D eigenvalue weighted by molar-refractivity contribution is 9.10. The number of nitrogens with zero attached hydrogens (tertiary/aromatic N) is 1. The highest BCUT2D eigenvalue weighted by atomic mass is 79.9. The first-order chi connectivity index (χ1) is 17.4. The number of hydrogen-bond acceptors (Lipinski definition) is 5. The lowest BCUT2D eigenvalue weighted by atomic mass is 9.91. The van der Waals surface area contributed by atoms with Crippen molar-refractivity contribution in [1.82, 2.24) is 5.32 Å². The molecule has 0 fully saturated rings. The molecule has 36 heavy (non-hydrogen) atoms. The van der Waals surface area contributed by atoms with E-state index < -0.39 is 5.54 Å². The van der Waals surface area contributed by atoms with Crippen molar-refractivity contribution in [1.29, 1.82) is 0 Å². The van der Waals surface area contributed by atoms with E-state index >= 15 is 0 Å². The number of carbonyl (C=O) groups is 1. The lowest BCUT2D eigenvalue weighted by Gasteiger charge is -2.23. The van der Waals surface area contributed by atoms with Gasteiger partial charge in [0.2, 0.25) is 5.90 Å². The van der Waals surface area contributed by atoms with Gasteiger partial charge in [-0.2, -0.15) is 0 Å². The molecule has 0 saturated heterocycles. The van der Waals surface area contributed by atoms with Crippen LogP contribution in [0.2, 0.25) is 10.0 Å². The molecule has 0 aromatic heterocycles. The Morgan fingerprint density at radius 1 is 1.11 bits per heavy atom. The smallest absolute Gasteiger partial charge is 0.252 e. The summed E-state index contributed by atoms with van der Waals surface area (Å²) in [5, 5.41) is 12.9. The summed E-state index contributed by atoms with van der Waals surface area (Å²) in [6.45, 7) is 0.853. The Hall–Kier alpha value is -2.58. The largest absolute Gasteiger partial charge is 0.494 e. The molecule has 0 spiro atoms. The molecule has 1 amide bonds. The van der Waals surface area contributed by atoms with E-state index in [1.54, 1.807) is 18.2 Å². The van der Waals surface area contributed by atoms with Crippen LogP contribution >= 0.6 is 39.1 Å². The third kappa shape index (κ3) is 6.59. The van der Waals surface area contributed by atoms with Crippen LogP contribution in [-0.4, -0.2) is 42.3 Å². The zero-order chi connectivity index (χ0) is 25.5. The van der Waals surface area contributed by atoms with Crippen LogP contribution in [0.1, 0.15) is 23.1 Å². The number of benzene rings is 3. The minimum absolute atomic E-state index is 0.0788. The summed E-state index contributed by atoms with van der Waals surface area (Å²) in [7, 11) is 0. The van der Waals surface area contributed by atoms with Crippen LogP contribution in [0.5, 0.6) is 5.75 Å². The molecule has 6 nitrogen and oxygen atoms in total. The molecular weight excluding hydrogens is 567 g/mol. The topological polar surface area (TPSA) is 80.2 Å². The van der Waals surface area contributed by atoms with Crippen LogP contribution in [0.4, 0.5) is 0 Å². The fourth-order valence-electron chi connectivity index (χ4n) is 3.78. The second kappa shape index (κ2) is 12.1. The Bertz CT molecular complexity index is 1240. The molecule has 0 bridgehead atoms. The number of rotatable bonds is 10. The molecule has 1 aliphatic rings. The number of nitrogens with one attached hydrogen (secondary N) is 1. The number of carbonyl (C=O) groups excluding carboxylic acids is 1. The highest BCUT2D eigenvalue weighted by Gasteiger charge is 2.44. The van der Waals surface area contributed by atoms with Crippen LogP contribution < -0.4 is 10.1 Å². The lowest BCUT2D eigenvalue weighted by Crippen LogP contribution is -2.48. The van der Waals surface area contributed by atoms with Crippen LogP contribution in [0.3, 0.4) is 0 Å². The molecular formula is C27H25BrCl2N2O4. The van der Waals surface area contributed by atoms with E-state index in [0.29, 0.717) is 41.1 Å². The first kappa shape index (κ1) is 26.5. The van der Waals surface area contributed by atoms with Gasteiger partial charge in [-0.1, -0.05) is 57.3 Å². The van der Waals surface area contributed by atoms with Crippen molar-refractivity contribution in [2.45, 2.75) is 24.9 Å². The average molecular weight is 592 g/mol. The van der Waals surface area contributed by atoms with Gasteiger partial charge in [0.05, 0.1) is 6.61 Å². The van der Waals surface area contributed by atoms with Crippen LogP contribution in [-0.2, 0) is 22.5 Å². The maximum Gasteiger partial charge on any atom is 0.252 e. The van der Waals surface area contributed by atoms with E-state index in [-0.39, 0.29) is 25.7 Å². The summed E-state index contributed by atoms with van der Waals surface area (Å²) in [4.78, 5) is 18.4. The molecule has 9 heteroatoms. The summed E-state index contributed by atoms with van der Waals surface area (Å²) < 4.78 is 12.5. The zero-order valence-corrected chi connectivity index (χ0v) is 22.4. The molecule has 188 valence electrons. The van der Waals surface area contributed by atoms with Crippen molar-refractivity contribution < 1.29 is 19.4 Å². The van der Waals surface area contributed by atoms with Crippen molar-refractivity contribution in [2.24, 2.45) is 4.99 Å². The number of hydrogen-bond donors (Lipinski definition) is 2. The predicted molar refractivity (Wildman–Crippen MR) is 145 cm³/mol. The van der Waals surface area contributed by atoms with Gasteiger partial charge in [0.1, 0.15) is 12.4 Å². The van der Waals surface area contributed by atoms with Crippen molar-refractivity contribution in [3.8, 4) is 5.75 Å². The third-order valence-electron chi connectivity index (χ3n) is 5.72. The summed E-state index contributed by atoms with van der Waals surface area (Å²) in [5.41, 5.74) is 1.32. The van der Waals surface area contributed by atoms with Crippen LogP contribution in [0.15, 0.2) is 76.2 Å². The molecule has 1 heterocycles. The van der Waals surface area contributed by atoms with Crippen molar-refractivity contribution in [3.05, 3.63) is 97.9 Å². The highest BCUT2D eigenvalue weighted by Crippen LogP contribution is 2.29. The normalized spacial score (nSPS) is 16.8. The summed E-state index contributed by atoms with van der Waals surface area (Å²) >= 11 is 15.7. The number of aliphatic hydroxyl groups excluding tert-OH is 1. The van der Waals surface area contributed by atoms with Gasteiger partial charge in [0, 0.05) is 46.1 Å². The number of amides is 1. The third-order valence-corrected chi connectivity index (χ3v) is 6.84. The average Bonchev–Trinajstić information content (AvgIpc) is 3.30. The van der Waals surface area contributed by atoms with E-state index in [1.807, 2.05) is 48.5 Å². The van der Waals surface area contributed by atoms with E-state index in [9.17, 15) is 4.79 Å². The quantitative estimate of drug-likeness (QED) is 0.301. The van der Waals surface area contributed by atoms with Gasteiger partial charge in [0.15, 0.2) is 5.54 Å². The van der Waals surface area contributed by atoms with E-state index in [1.165, 1.54) is 0 Å². The number of halogens is 3. The van der Waals surface area contributed by atoms with Gasteiger partial charge in [-0.05, 0) is 59.7 Å². The molecule has 0 radical (unpaired) electrons. The fraction of sp³-hybridized carbons (Fsp3) is 0.259. The van der Waals surface area contributed by atoms with Gasteiger partial charge in [-0.3, -0.25) is 4.79 Å². The second-order valence-electron chi connectivity index (χ2n) is 8.41.